The fraction of sp³-hybridized carbons (Fsp3) is 0.154. The Kier molecular flexibility index (Phi) is 6.13. The number of aromatic amines is 1. The molecule has 0 saturated carbocycles. The number of aryl methyl sites for hydroxylation is 1. The van der Waals surface area contributed by atoms with Crippen molar-refractivity contribution in [3.63, 3.8) is 0 Å². The molecule has 2 heterocycles. The van der Waals surface area contributed by atoms with Crippen LogP contribution in [0.15, 0.2) is 65.9 Å². The van der Waals surface area contributed by atoms with Gasteiger partial charge in [0.15, 0.2) is 23.2 Å². The van der Waals surface area contributed by atoms with Gasteiger partial charge in [-0.1, -0.05) is 30.3 Å². The number of amidine groups is 1. The van der Waals surface area contributed by atoms with Crippen LogP contribution in [0.25, 0.3) is 11.0 Å². The van der Waals surface area contributed by atoms with Crippen molar-refractivity contribution in [1.29, 1.82) is 5.41 Å². The van der Waals surface area contributed by atoms with Crippen molar-refractivity contribution in [3.8, 4) is 5.75 Å². The molecule has 4 rings (SSSR count). The molecule has 0 bridgehead atoms. The number of ether oxygens (including phenoxy) is 1. The lowest BCUT2D eigenvalue weighted by Gasteiger charge is -2.12. The highest BCUT2D eigenvalue weighted by Gasteiger charge is 2.23. The zero-order chi connectivity index (χ0) is 23.5. The standard InChI is InChI=1S/C26H23FN4O2/c1-15(2)31-25(28)18-9-7-17(8-10-18)14-33-21-11-6-16(3)22(23(21)27)24(32)20-13-30-26-19(20)5-4-12-29-26/h4-13,28H,14H2,1-3H3,(H,29,30). The number of aliphatic imine (C=N–C) groups is 1. The average Bonchev–Trinajstić information content (AvgIpc) is 3.22. The molecule has 33 heavy (non-hydrogen) atoms. The molecule has 2 aromatic carbocycles. The summed E-state index contributed by atoms with van der Waals surface area (Å²) in [6.07, 6.45) is 3.18. The minimum absolute atomic E-state index is 0.00458. The van der Waals surface area contributed by atoms with Gasteiger partial charge < -0.3 is 9.72 Å². The molecule has 0 atom stereocenters. The van der Waals surface area contributed by atoms with Crippen LogP contribution < -0.4 is 4.74 Å². The molecular formula is C26H23FN4O2. The summed E-state index contributed by atoms with van der Waals surface area (Å²) in [6.45, 7) is 5.48. The van der Waals surface area contributed by atoms with E-state index in [9.17, 15) is 4.79 Å². The van der Waals surface area contributed by atoms with E-state index in [1.807, 2.05) is 26.0 Å². The number of aromatic nitrogens is 2. The second kappa shape index (κ2) is 9.16. The van der Waals surface area contributed by atoms with Gasteiger partial charge in [-0.3, -0.25) is 10.2 Å². The third kappa shape index (κ3) is 4.57. The van der Waals surface area contributed by atoms with Crippen molar-refractivity contribution in [3.05, 3.63) is 94.6 Å². The summed E-state index contributed by atoms with van der Waals surface area (Å²) in [5, 5.41) is 8.62. The Morgan fingerprint density at radius 2 is 1.91 bits per heavy atom. The first kappa shape index (κ1) is 22.1. The van der Waals surface area contributed by atoms with E-state index in [2.05, 4.69) is 15.0 Å². The number of carbonyl (C=O) groups excluding carboxylic acids is 1. The van der Waals surface area contributed by atoms with Crippen LogP contribution in [0, 0.1) is 18.2 Å². The maximum atomic E-state index is 15.4. The molecule has 0 aliphatic heterocycles. The normalized spacial score (nSPS) is 10.8. The zero-order valence-electron chi connectivity index (χ0n) is 18.6. The highest BCUT2D eigenvalue weighted by atomic mass is 19.1. The van der Waals surface area contributed by atoms with E-state index >= 15 is 4.39 Å². The average molecular weight is 442 g/mol. The molecule has 7 heteroatoms. The first-order valence-electron chi connectivity index (χ1n) is 10.4. The van der Waals surface area contributed by atoms with Crippen molar-refractivity contribution in [2.75, 3.05) is 0 Å². The number of nitrogens with zero attached hydrogens (tertiary/aromatic N) is 2. The largest absolute Gasteiger partial charge is 0.486 e. The Morgan fingerprint density at radius 1 is 1.15 bits per heavy atom. The minimum Gasteiger partial charge on any atom is -0.486 e. The molecule has 0 spiro atoms. The summed E-state index contributed by atoms with van der Waals surface area (Å²) < 4.78 is 21.1. The fourth-order valence-electron chi connectivity index (χ4n) is 3.53. The van der Waals surface area contributed by atoms with Gasteiger partial charge in [-0.2, -0.15) is 0 Å². The highest BCUT2D eigenvalue weighted by Crippen LogP contribution is 2.28. The maximum absolute atomic E-state index is 15.4. The van der Waals surface area contributed by atoms with Crippen LogP contribution in [0.3, 0.4) is 0 Å². The van der Waals surface area contributed by atoms with E-state index in [-0.39, 0.29) is 23.8 Å². The van der Waals surface area contributed by atoms with E-state index in [0.29, 0.717) is 27.7 Å². The Morgan fingerprint density at radius 3 is 2.64 bits per heavy atom. The van der Waals surface area contributed by atoms with Crippen molar-refractivity contribution < 1.29 is 13.9 Å². The third-order valence-electron chi connectivity index (χ3n) is 5.19. The molecule has 0 aliphatic rings. The SMILES string of the molecule is CC(C)=NC(=N)c1ccc(COc2ccc(C)c(C(=O)c3c[nH]c4ncccc34)c2F)cc1. The number of hydrogen-bond acceptors (Lipinski definition) is 4. The summed E-state index contributed by atoms with van der Waals surface area (Å²) >= 11 is 0. The lowest BCUT2D eigenvalue weighted by molar-refractivity contribution is 0.103. The summed E-state index contributed by atoms with van der Waals surface area (Å²) in [7, 11) is 0. The van der Waals surface area contributed by atoms with Gasteiger partial charge in [0.25, 0.3) is 0 Å². The number of carbonyl (C=O) groups is 1. The fourth-order valence-corrected chi connectivity index (χ4v) is 3.53. The molecule has 6 nitrogen and oxygen atoms in total. The summed E-state index contributed by atoms with van der Waals surface area (Å²) in [5.74, 6) is -0.929. The van der Waals surface area contributed by atoms with Gasteiger partial charge in [-0.25, -0.2) is 14.4 Å². The van der Waals surface area contributed by atoms with Gasteiger partial charge in [-0.15, -0.1) is 0 Å². The van der Waals surface area contributed by atoms with Crippen LogP contribution in [0.2, 0.25) is 0 Å². The predicted octanol–water partition coefficient (Wildman–Crippen LogP) is 5.63. The highest BCUT2D eigenvalue weighted by molar-refractivity contribution is 6.16. The topological polar surface area (TPSA) is 91.2 Å². The van der Waals surface area contributed by atoms with Gasteiger partial charge >= 0.3 is 0 Å². The van der Waals surface area contributed by atoms with E-state index in [4.69, 9.17) is 10.1 Å². The van der Waals surface area contributed by atoms with Crippen molar-refractivity contribution in [2.45, 2.75) is 27.4 Å². The Labute approximate surface area is 190 Å². The lowest BCUT2D eigenvalue weighted by atomic mass is 9.98. The van der Waals surface area contributed by atoms with Gasteiger partial charge in [-0.05, 0) is 50.1 Å². The summed E-state index contributed by atoms with van der Waals surface area (Å²) in [5.41, 5.74) is 3.73. The number of ketones is 1. The zero-order valence-corrected chi connectivity index (χ0v) is 18.6. The monoisotopic (exact) mass is 442 g/mol. The molecule has 166 valence electrons. The summed E-state index contributed by atoms with van der Waals surface area (Å²) in [4.78, 5) is 24.5. The Balaban J connectivity index is 1.56. The molecule has 0 radical (unpaired) electrons. The molecule has 2 aromatic heterocycles. The first-order chi connectivity index (χ1) is 15.8. The van der Waals surface area contributed by atoms with Gasteiger partial charge in [0.2, 0.25) is 0 Å². The van der Waals surface area contributed by atoms with Crippen LogP contribution in [0.1, 0.15) is 46.5 Å². The second-order valence-corrected chi connectivity index (χ2v) is 7.89. The number of H-pyrrole nitrogens is 1. The number of halogens is 1. The molecule has 0 amide bonds. The molecule has 0 fully saturated rings. The van der Waals surface area contributed by atoms with Crippen LogP contribution in [-0.4, -0.2) is 27.3 Å². The number of pyridine rings is 1. The second-order valence-electron chi connectivity index (χ2n) is 7.89. The molecule has 0 unspecified atom stereocenters. The van der Waals surface area contributed by atoms with E-state index < -0.39 is 11.6 Å². The Hall–Kier alpha value is -4.13. The van der Waals surface area contributed by atoms with E-state index in [1.165, 1.54) is 6.07 Å². The Bertz CT molecular complexity index is 1380. The number of benzene rings is 2. The number of hydrogen-bond donors (Lipinski definition) is 2. The first-order valence-corrected chi connectivity index (χ1v) is 10.4. The summed E-state index contributed by atoms with van der Waals surface area (Å²) in [6, 6.07) is 13.9. The van der Waals surface area contributed by atoms with Crippen LogP contribution >= 0.6 is 0 Å². The van der Waals surface area contributed by atoms with Gasteiger partial charge in [0.05, 0.1) is 5.56 Å². The van der Waals surface area contributed by atoms with Crippen LogP contribution in [0.4, 0.5) is 4.39 Å². The predicted molar refractivity (Wildman–Crippen MR) is 127 cm³/mol. The smallest absolute Gasteiger partial charge is 0.198 e. The molecule has 4 aromatic rings. The third-order valence-corrected chi connectivity index (χ3v) is 5.19. The minimum atomic E-state index is -0.690. The molecule has 0 aliphatic carbocycles. The molecule has 0 saturated heterocycles. The number of nitrogens with one attached hydrogen (secondary N) is 2. The van der Waals surface area contributed by atoms with Crippen LogP contribution in [0.5, 0.6) is 5.75 Å². The van der Waals surface area contributed by atoms with Crippen molar-refractivity contribution in [2.24, 2.45) is 4.99 Å². The quantitative estimate of drug-likeness (QED) is 0.230. The van der Waals surface area contributed by atoms with Crippen molar-refractivity contribution in [1.82, 2.24) is 9.97 Å². The lowest BCUT2D eigenvalue weighted by Crippen LogP contribution is -2.09. The van der Waals surface area contributed by atoms with E-state index in [1.54, 1.807) is 49.6 Å². The molecule has 2 N–H and O–H groups in total. The van der Waals surface area contributed by atoms with Gasteiger partial charge in [0.1, 0.15) is 12.3 Å². The van der Waals surface area contributed by atoms with Crippen LogP contribution in [-0.2, 0) is 6.61 Å². The van der Waals surface area contributed by atoms with Crippen molar-refractivity contribution >= 4 is 28.4 Å². The van der Waals surface area contributed by atoms with Gasteiger partial charge in [0, 0.05) is 34.6 Å². The number of fused-ring (bicyclic) bond motifs is 1. The maximum Gasteiger partial charge on any atom is 0.198 e. The number of rotatable bonds is 6. The van der Waals surface area contributed by atoms with E-state index in [0.717, 1.165) is 11.3 Å². The molecular weight excluding hydrogens is 419 g/mol.